The molecule has 1 aliphatic rings. The van der Waals surface area contributed by atoms with Crippen molar-refractivity contribution in [2.45, 2.75) is 39.2 Å². The Bertz CT molecular complexity index is 376. The minimum atomic E-state index is -1.26. The molecule has 0 spiro atoms. The topological polar surface area (TPSA) is 113 Å². The van der Waals surface area contributed by atoms with Crippen molar-refractivity contribution >= 4 is 17.9 Å². The molecule has 1 unspecified atom stereocenters. The van der Waals surface area contributed by atoms with Crippen LogP contribution in [-0.4, -0.2) is 47.0 Å². The van der Waals surface area contributed by atoms with Gasteiger partial charge in [0.25, 0.3) is 0 Å². The SMILES string of the molecule is CC(C)C1CCN(C(=O)NC(CC(N)=O)C(=O)O)CC1. The molecule has 1 saturated heterocycles. The van der Waals surface area contributed by atoms with Gasteiger partial charge in [-0.1, -0.05) is 13.8 Å². The van der Waals surface area contributed by atoms with Crippen molar-refractivity contribution < 1.29 is 19.5 Å². The fourth-order valence-corrected chi connectivity index (χ4v) is 2.41. The fourth-order valence-electron chi connectivity index (χ4n) is 2.41. The van der Waals surface area contributed by atoms with E-state index in [2.05, 4.69) is 19.2 Å². The largest absolute Gasteiger partial charge is 0.480 e. The number of piperidine rings is 1. The third-order valence-corrected chi connectivity index (χ3v) is 3.77. The molecule has 1 rings (SSSR count). The van der Waals surface area contributed by atoms with Gasteiger partial charge in [0.15, 0.2) is 0 Å². The summed E-state index contributed by atoms with van der Waals surface area (Å²) in [6.45, 7) is 5.54. The summed E-state index contributed by atoms with van der Waals surface area (Å²) in [5, 5.41) is 11.3. The highest BCUT2D eigenvalue weighted by molar-refractivity contribution is 5.87. The molecule has 7 heteroatoms. The van der Waals surface area contributed by atoms with Gasteiger partial charge in [-0.15, -0.1) is 0 Å². The number of carboxylic acids is 1. The monoisotopic (exact) mass is 285 g/mol. The van der Waals surface area contributed by atoms with Crippen LogP contribution in [0.25, 0.3) is 0 Å². The molecule has 0 radical (unpaired) electrons. The Kier molecular flexibility index (Phi) is 5.79. The van der Waals surface area contributed by atoms with Gasteiger partial charge in [0.2, 0.25) is 5.91 Å². The number of hydrogen-bond acceptors (Lipinski definition) is 3. The van der Waals surface area contributed by atoms with Gasteiger partial charge in [0, 0.05) is 13.1 Å². The van der Waals surface area contributed by atoms with Gasteiger partial charge in [-0.05, 0) is 24.7 Å². The first-order valence-corrected chi connectivity index (χ1v) is 6.87. The number of primary amides is 1. The lowest BCUT2D eigenvalue weighted by Crippen LogP contribution is -2.51. The van der Waals surface area contributed by atoms with E-state index in [9.17, 15) is 14.4 Å². The summed E-state index contributed by atoms with van der Waals surface area (Å²) >= 11 is 0. The molecule has 4 N–H and O–H groups in total. The number of hydrogen-bond donors (Lipinski definition) is 3. The molecule has 0 saturated carbocycles. The van der Waals surface area contributed by atoms with E-state index in [1.165, 1.54) is 0 Å². The average Bonchev–Trinajstić information content (AvgIpc) is 2.37. The minimum absolute atomic E-state index is 0.399. The van der Waals surface area contributed by atoms with Crippen molar-refractivity contribution in [1.29, 1.82) is 0 Å². The van der Waals surface area contributed by atoms with Gasteiger partial charge in [-0.3, -0.25) is 4.79 Å². The maximum atomic E-state index is 12.0. The summed E-state index contributed by atoms with van der Waals surface area (Å²) in [5.41, 5.74) is 4.97. The number of carboxylic acid groups (broad SMARTS) is 1. The van der Waals surface area contributed by atoms with E-state index in [0.717, 1.165) is 12.8 Å². The molecule has 20 heavy (non-hydrogen) atoms. The number of amides is 3. The Hall–Kier alpha value is -1.79. The number of rotatable bonds is 5. The molecule has 0 aromatic rings. The summed E-state index contributed by atoms with van der Waals surface area (Å²) < 4.78 is 0. The molecular weight excluding hydrogens is 262 g/mol. The van der Waals surface area contributed by atoms with E-state index in [-0.39, 0.29) is 0 Å². The zero-order valence-electron chi connectivity index (χ0n) is 12.0. The lowest BCUT2D eigenvalue weighted by molar-refractivity contribution is -0.141. The smallest absolute Gasteiger partial charge is 0.326 e. The van der Waals surface area contributed by atoms with Crippen molar-refractivity contribution in [3.63, 3.8) is 0 Å². The summed E-state index contributed by atoms with van der Waals surface area (Å²) in [5.74, 6) is -0.827. The second-order valence-electron chi connectivity index (χ2n) is 5.58. The lowest BCUT2D eigenvalue weighted by atomic mass is 9.87. The second kappa shape index (κ2) is 7.12. The van der Waals surface area contributed by atoms with Gasteiger partial charge in [0.1, 0.15) is 6.04 Å². The van der Waals surface area contributed by atoms with Crippen molar-refractivity contribution in [2.75, 3.05) is 13.1 Å². The highest BCUT2D eigenvalue weighted by Gasteiger charge is 2.28. The number of likely N-dealkylation sites (tertiary alicyclic amines) is 1. The first-order valence-electron chi connectivity index (χ1n) is 6.87. The molecule has 1 aliphatic heterocycles. The van der Waals surface area contributed by atoms with Crippen molar-refractivity contribution in [3.8, 4) is 0 Å². The first-order chi connectivity index (χ1) is 9.31. The molecule has 1 atom stereocenters. The fraction of sp³-hybridized carbons (Fsp3) is 0.769. The zero-order valence-corrected chi connectivity index (χ0v) is 12.0. The van der Waals surface area contributed by atoms with Gasteiger partial charge >= 0.3 is 12.0 Å². The van der Waals surface area contributed by atoms with E-state index in [0.29, 0.717) is 24.9 Å². The average molecular weight is 285 g/mol. The van der Waals surface area contributed by atoms with Crippen LogP contribution < -0.4 is 11.1 Å². The third-order valence-electron chi connectivity index (χ3n) is 3.77. The number of nitrogens with two attached hydrogens (primary N) is 1. The van der Waals surface area contributed by atoms with E-state index in [1.54, 1.807) is 4.90 Å². The molecule has 1 fully saturated rings. The van der Waals surface area contributed by atoms with Crippen LogP contribution in [0.5, 0.6) is 0 Å². The Morgan fingerprint density at radius 2 is 1.85 bits per heavy atom. The van der Waals surface area contributed by atoms with Crippen LogP contribution >= 0.6 is 0 Å². The molecule has 0 aromatic carbocycles. The lowest BCUT2D eigenvalue weighted by Gasteiger charge is -2.34. The predicted octanol–water partition coefficient (Wildman–Crippen LogP) is 0.393. The van der Waals surface area contributed by atoms with Crippen LogP contribution in [0.4, 0.5) is 4.79 Å². The standard InChI is InChI=1S/C13H23N3O4/c1-8(2)9-3-5-16(6-4-9)13(20)15-10(12(18)19)7-11(14)17/h8-10H,3-7H2,1-2H3,(H2,14,17)(H,15,20)(H,18,19). The number of nitrogens with zero attached hydrogens (tertiary/aromatic N) is 1. The Morgan fingerprint density at radius 3 is 2.25 bits per heavy atom. The molecule has 3 amide bonds. The molecule has 114 valence electrons. The summed E-state index contributed by atoms with van der Waals surface area (Å²) in [7, 11) is 0. The van der Waals surface area contributed by atoms with Crippen molar-refractivity contribution in [3.05, 3.63) is 0 Å². The molecule has 0 aliphatic carbocycles. The van der Waals surface area contributed by atoms with Crippen molar-refractivity contribution in [1.82, 2.24) is 10.2 Å². The highest BCUT2D eigenvalue weighted by atomic mass is 16.4. The number of carbonyl (C=O) groups excluding carboxylic acids is 2. The number of aliphatic carboxylic acids is 1. The predicted molar refractivity (Wildman–Crippen MR) is 72.9 cm³/mol. The van der Waals surface area contributed by atoms with Crippen molar-refractivity contribution in [2.24, 2.45) is 17.6 Å². The third kappa shape index (κ3) is 4.71. The molecule has 7 nitrogen and oxygen atoms in total. The van der Waals surface area contributed by atoms with Gasteiger partial charge in [0.05, 0.1) is 6.42 Å². The highest BCUT2D eigenvalue weighted by Crippen LogP contribution is 2.24. The molecule has 0 aromatic heterocycles. The second-order valence-corrected chi connectivity index (χ2v) is 5.58. The summed E-state index contributed by atoms with van der Waals surface area (Å²) in [6.07, 6.45) is 1.43. The summed E-state index contributed by atoms with van der Waals surface area (Å²) in [4.78, 5) is 35.3. The maximum absolute atomic E-state index is 12.0. The Balaban J connectivity index is 2.50. The van der Waals surface area contributed by atoms with E-state index < -0.39 is 30.4 Å². The number of nitrogens with one attached hydrogen (secondary N) is 1. The van der Waals surface area contributed by atoms with Crippen LogP contribution in [-0.2, 0) is 9.59 Å². The van der Waals surface area contributed by atoms with E-state index in [4.69, 9.17) is 10.8 Å². The summed E-state index contributed by atoms with van der Waals surface area (Å²) in [6, 6.07) is -1.70. The number of urea groups is 1. The van der Waals surface area contributed by atoms with Crippen LogP contribution in [0.1, 0.15) is 33.1 Å². The van der Waals surface area contributed by atoms with Crippen LogP contribution in [0.2, 0.25) is 0 Å². The Labute approximate surface area is 118 Å². The van der Waals surface area contributed by atoms with Crippen LogP contribution in [0.15, 0.2) is 0 Å². The van der Waals surface area contributed by atoms with Gasteiger partial charge in [-0.25, -0.2) is 9.59 Å². The molecule has 0 bridgehead atoms. The number of carbonyl (C=O) groups is 3. The van der Waals surface area contributed by atoms with Crippen LogP contribution in [0, 0.1) is 11.8 Å². The quantitative estimate of drug-likeness (QED) is 0.678. The maximum Gasteiger partial charge on any atom is 0.326 e. The molecule has 1 heterocycles. The van der Waals surface area contributed by atoms with Gasteiger partial charge in [-0.2, -0.15) is 0 Å². The van der Waals surface area contributed by atoms with E-state index in [1.807, 2.05) is 0 Å². The molecular formula is C13H23N3O4. The Morgan fingerprint density at radius 1 is 1.30 bits per heavy atom. The van der Waals surface area contributed by atoms with Gasteiger partial charge < -0.3 is 21.1 Å². The van der Waals surface area contributed by atoms with Crippen LogP contribution in [0.3, 0.4) is 0 Å². The minimum Gasteiger partial charge on any atom is -0.480 e. The first kappa shape index (κ1) is 16.3. The zero-order chi connectivity index (χ0) is 15.3. The normalized spacial score (nSPS) is 17.9. The van der Waals surface area contributed by atoms with E-state index >= 15 is 0 Å².